The Morgan fingerprint density at radius 2 is 2.18 bits per heavy atom. The Hall–Kier alpha value is -1.47. The third kappa shape index (κ3) is 1.73. The van der Waals surface area contributed by atoms with E-state index in [-0.39, 0.29) is 0 Å². The molecular weight excluding hydrogens is 141 g/mol. The zero-order valence-corrected chi connectivity index (χ0v) is 5.82. The number of rotatable bonds is 2. The highest BCUT2D eigenvalue weighted by molar-refractivity contribution is 6.17. The fourth-order valence-corrected chi connectivity index (χ4v) is 0.754. The molecule has 0 aliphatic heterocycles. The van der Waals surface area contributed by atoms with Crippen molar-refractivity contribution in [2.24, 2.45) is 0 Å². The largest absolute Gasteiger partial charge is 0.538 e. The summed E-state index contributed by atoms with van der Waals surface area (Å²) in [6, 6.07) is 8.69. The summed E-state index contributed by atoms with van der Waals surface area (Å²) in [6.45, 7) is 0. The van der Waals surface area contributed by atoms with Crippen LogP contribution in [0.3, 0.4) is 0 Å². The highest BCUT2D eigenvalue weighted by Gasteiger charge is 1.99. The molecule has 0 aromatic heterocycles. The van der Waals surface area contributed by atoms with Gasteiger partial charge in [-0.2, -0.15) is 5.26 Å². The van der Waals surface area contributed by atoms with Crippen LogP contribution >= 0.6 is 0 Å². The van der Waals surface area contributed by atoms with Gasteiger partial charge in [0.15, 0.2) is 0 Å². The van der Waals surface area contributed by atoms with Crippen LogP contribution in [0.15, 0.2) is 24.3 Å². The van der Waals surface area contributed by atoms with Gasteiger partial charge in [-0.3, -0.25) is 0 Å². The van der Waals surface area contributed by atoms with E-state index in [1.165, 1.54) is 0 Å². The number of nitrogens with zero attached hydrogens (tertiary/aromatic N) is 1. The molecule has 0 aliphatic rings. The lowest BCUT2D eigenvalue weighted by Gasteiger charge is -2.01. The van der Waals surface area contributed by atoms with Crippen molar-refractivity contribution in [1.82, 2.24) is 0 Å². The first-order valence-electron chi connectivity index (χ1n) is 3.11. The topological polar surface area (TPSA) is 53.2 Å². The molecule has 0 aliphatic carbocycles. The predicted octanol–water partition coefficient (Wildman–Crippen LogP) is 0.196. The van der Waals surface area contributed by atoms with Gasteiger partial charge >= 0.3 is 7.69 Å². The number of nitriles is 1. The van der Waals surface area contributed by atoms with Crippen LogP contribution in [0.25, 0.3) is 0 Å². The van der Waals surface area contributed by atoms with E-state index in [0.29, 0.717) is 11.3 Å². The summed E-state index contributed by atoms with van der Waals surface area (Å²) in [4.78, 5) is 0. The molecule has 1 aromatic carbocycles. The number of hydrogen-bond donors (Lipinski definition) is 1. The van der Waals surface area contributed by atoms with E-state index in [1.807, 2.05) is 6.07 Å². The van der Waals surface area contributed by atoms with E-state index in [1.54, 1.807) is 24.3 Å². The maximum Gasteiger partial charge on any atom is 0.504 e. The third-order valence-electron chi connectivity index (χ3n) is 1.23. The second-order valence-corrected chi connectivity index (χ2v) is 1.88. The Balaban J connectivity index is 2.95. The molecular formula is C7H6BNO2. The third-order valence-corrected chi connectivity index (χ3v) is 1.23. The van der Waals surface area contributed by atoms with Gasteiger partial charge in [0.2, 0.25) is 0 Å². The zero-order chi connectivity index (χ0) is 8.10. The van der Waals surface area contributed by atoms with Crippen LogP contribution in [0.5, 0.6) is 5.75 Å². The molecule has 0 fully saturated rings. The average Bonchev–Trinajstić information content (AvgIpc) is 2.06. The summed E-state index contributed by atoms with van der Waals surface area (Å²) >= 11 is 0. The molecule has 0 amide bonds. The predicted molar refractivity (Wildman–Crippen MR) is 41.2 cm³/mol. The van der Waals surface area contributed by atoms with Crippen molar-refractivity contribution in [1.29, 1.82) is 5.26 Å². The first-order valence-corrected chi connectivity index (χ1v) is 3.11. The minimum Gasteiger partial charge on any atom is -0.538 e. The van der Waals surface area contributed by atoms with Gasteiger partial charge in [0, 0.05) is 0 Å². The summed E-state index contributed by atoms with van der Waals surface area (Å²) in [5.74, 6) is 0.414. The summed E-state index contributed by atoms with van der Waals surface area (Å²) in [7, 11) is -0.404. The van der Waals surface area contributed by atoms with E-state index in [2.05, 4.69) is 0 Å². The summed E-state index contributed by atoms with van der Waals surface area (Å²) in [6.07, 6.45) is 0. The van der Waals surface area contributed by atoms with Crippen LogP contribution in [0.2, 0.25) is 0 Å². The van der Waals surface area contributed by atoms with Gasteiger partial charge < -0.3 is 9.68 Å². The van der Waals surface area contributed by atoms with E-state index in [9.17, 15) is 0 Å². The van der Waals surface area contributed by atoms with Crippen LogP contribution in [0, 0.1) is 11.3 Å². The quantitative estimate of drug-likeness (QED) is 0.607. The van der Waals surface area contributed by atoms with Crippen LogP contribution in [0.1, 0.15) is 5.56 Å². The molecule has 0 bridgehead atoms. The van der Waals surface area contributed by atoms with Crippen molar-refractivity contribution in [2.45, 2.75) is 0 Å². The summed E-state index contributed by atoms with van der Waals surface area (Å²) in [5, 5.41) is 16.9. The van der Waals surface area contributed by atoms with E-state index in [0.717, 1.165) is 0 Å². The fraction of sp³-hybridized carbons (Fsp3) is 0. The first kappa shape index (κ1) is 7.64. The molecule has 54 valence electrons. The lowest BCUT2D eigenvalue weighted by molar-refractivity contribution is 0.453. The smallest absolute Gasteiger partial charge is 0.504 e. The minimum atomic E-state index is -0.404. The van der Waals surface area contributed by atoms with Crippen LogP contribution < -0.4 is 4.65 Å². The Labute approximate surface area is 65.2 Å². The normalized spacial score (nSPS) is 8.36. The lowest BCUT2D eigenvalue weighted by atomic mass is 10.2. The van der Waals surface area contributed by atoms with E-state index < -0.39 is 7.69 Å². The first-order chi connectivity index (χ1) is 5.38. The highest BCUT2D eigenvalue weighted by Crippen LogP contribution is 2.15. The van der Waals surface area contributed by atoms with Gasteiger partial charge in [-0.1, -0.05) is 12.1 Å². The monoisotopic (exact) mass is 147 g/mol. The SMILES string of the molecule is N#Cc1ccccc1OBO. The van der Waals surface area contributed by atoms with Crippen LogP contribution in [-0.2, 0) is 0 Å². The van der Waals surface area contributed by atoms with Crippen molar-refractivity contribution in [3.8, 4) is 11.8 Å². The number of benzene rings is 1. The molecule has 1 aromatic rings. The fourth-order valence-electron chi connectivity index (χ4n) is 0.754. The summed E-state index contributed by atoms with van der Waals surface area (Å²) < 4.78 is 4.76. The molecule has 0 radical (unpaired) electrons. The average molecular weight is 147 g/mol. The molecule has 0 saturated heterocycles. The van der Waals surface area contributed by atoms with Crippen molar-refractivity contribution in [2.75, 3.05) is 0 Å². The minimum absolute atomic E-state index is 0.404. The zero-order valence-electron chi connectivity index (χ0n) is 5.82. The van der Waals surface area contributed by atoms with Crippen molar-refractivity contribution >= 4 is 7.69 Å². The van der Waals surface area contributed by atoms with Crippen molar-refractivity contribution in [3.05, 3.63) is 29.8 Å². The Kier molecular flexibility index (Phi) is 2.53. The van der Waals surface area contributed by atoms with Crippen LogP contribution in [0.4, 0.5) is 0 Å². The molecule has 0 atom stereocenters. The standard InChI is InChI=1S/C7H6BNO2/c9-5-6-3-1-2-4-7(6)11-8-10/h1-4,8,10H. The summed E-state index contributed by atoms with van der Waals surface area (Å²) in [5.41, 5.74) is 0.432. The molecule has 0 saturated carbocycles. The highest BCUT2D eigenvalue weighted by atomic mass is 16.5. The number of para-hydroxylation sites is 1. The molecule has 1 rings (SSSR count). The molecule has 4 heteroatoms. The van der Waals surface area contributed by atoms with Gasteiger partial charge in [-0.25, -0.2) is 0 Å². The second-order valence-electron chi connectivity index (χ2n) is 1.88. The molecule has 1 N–H and O–H groups in total. The van der Waals surface area contributed by atoms with E-state index >= 15 is 0 Å². The van der Waals surface area contributed by atoms with Gasteiger partial charge in [0.05, 0.1) is 5.56 Å². The maximum atomic E-state index is 8.53. The molecule has 0 unspecified atom stereocenters. The van der Waals surface area contributed by atoms with Crippen molar-refractivity contribution in [3.63, 3.8) is 0 Å². The van der Waals surface area contributed by atoms with Gasteiger partial charge in [-0.15, -0.1) is 0 Å². The Morgan fingerprint density at radius 3 is 2.82 bits per heavy atom. The van der Waals surface area contributed by atoms with Gasteiger partial charge in [0.25, 0.3) is 0 Å². The molecule has 3 nitrogen and oxygen atoms in total. The van der Waals surface area contributed by atoms with E-state index in [4.69, 9.17) is 14.9 Å². The van der Waals surface area contributed by atoms with Crippen LogP contribution in [-0.4, -0.2) is 12.7 Å². The second kappa shape index (κ2) is 3.64. The lowest BCUT2D eigenvalue weighted by Crippen LogP contribution is -2.00. The maximum absolute atomic E-state index is 8.53. The molecule has 0 heterocycles. The Morgan fingerprint density at radius 1 is 1.45 bits per heavy atom. The van der Waals surface area contributed by atoms with Gasteiger partial charge in [0.1, 0.15) is 11.8 Å². The molecule has 0 spiro atoms. The van der Waals surface area contributed by atoms with Gasteiger partial charge in [-0.05, 0) is 12.1 Å². The Bertz CT molecular complexity index is 282. The molecule has 11 heavy (non-hydrogen) atoms. The number of hydrogen-bond acceptors (Lipinski definition) is 3. The van der Waals surface area contributed by atoms with Crippen molar-refractivity contribution < 1.29 is 9.68 Å².